The van der Waals surface area contributed by atoms with Crippen LogP contribution in [0.15, 0.2) is 0 Å². The number of hydrogen-bond donors (Lipinski definition) is 0. The molecular weight excluding hydrogens is 1630 g/mol. The number of methoxy groups -OCH3 is 22. The van der Waals surface area contributed by atoms with Gasteiger partial charge in [-0.1, -0.05) is 0 Å². The fourth-order valence-electron chi connectivity index (χ4n) is 17.0. The molecule has 0 radical (unpaired) electrons. The van der Waals surface area contributed by atoms with Gasteiger partial charge in [-0.05, 0) is 0 Å². The van der Waals surface area contributed by atoms with Crippen molar-refractivity contribution in [1.82, 2.24) is 0 Å². The van der Waals surface area contributed by atoms with Crippen LogP contribution >= 0.6 is 0 Å². The second kappa shape index (κ2) is 47.4. The number of ether oxygens (including phenoxy) is 38. The summed E-state index contributed by atoms with van der Waals surface area (Å²) >= 11 is 0. The van der Waals surface area contributed by atoms with E-state index in [1.807, 2.05) is 0 Å². The van der Waals surface area contributed by atoms with Crippen LogP contribution in [0.4, 0.5) is 0 Å². The van der Waals surface area contributed by atoms with Crippen molar-refractivity contribution < 1.29 is 205 Å². The predicted molar refractivity (Wildman–Crippen MR) is 394 cm³/mol. The SMILES string of the molecule is COC[C@H]1O[C@@H]2O[C@H]3[C@H](OC)[C@@H](OC)[C@@H](O[C@H]4[C@H](OC)[C@@H](OC)[C@@H](O[C@H]5[C@H](OC)[C@@H](OC)[C@@H](O[C@H]6[C@H](OC)[C@@H](OC)[C@@H](O[C@H]7[C@H](OC)[C@H](OC)[C@@H](O[C@H]8[C@H](OC)[C@H](OC)[C@@H](O[C@H]9[C@H](OC)[C@@H](OC)[C@@H](O[C@H]1[C@H](OC)[C@@H]2OC)O[C@@H]9COC)O[C@@H]8COS(C)(=O)=O)O[C@@H]7COC)O[C@@H]6COS(C)(=O)=O)O[C@@H]5COC)O[C@@H]4COC)O[C@@H]3COC. The van der Waals surface area contributed by atoms with Gasteiger partial charge < -0.3 is 180 Å². The van der Waals surface area contributed by atoms with Crippen molar-refractivity contribution in [1.29, 1.82) is 0 Å². The molecule has 118 heavy (non-hydrogen) atoms. The van der Waals surface area contributed by atoms with Crippen molar-refractivity contribution in [2.24, 2.45) is 0 Å². The van der Waals surface area contributed by atoms with E-state index in [0.29, 0.717) is 0 Å². The average molecular weight is 1760 g/mol. The predicted octanol–water partition coefficient (Wildman–Crippen LogP) is -3.05. The second-order valence-corrected chi connectivity index (χ2v) is 32.4. The molecule has 40 atom stereocenters. The summed E-state index contributed by atoms with van der Waals surface area (Å²) in [5, 5.41) is 0. The Morgan fingerprint density at radius 1 is 0.169 bits per heavy atom. The van der Waals surface area contributed by atoms with Crippen molar-refractivity contribution in [3.63, 3.8) is 0 Å². The summed E-state index contributed by atoms with van der Waals surface area (Å²) in [7, 11) is 22.9. The van der Waals surface area contributed by atoms with E-state index in [4.69, 9.17) is 188 Å². The maximum absolute atomic E-state index is 13.1. The molecule has 30 aliphatic heterocycles. The molecule has 0 amide bonds. The summed E-state index contributed by atoms with van der Waals surface area (Å²) < 4.78 is 310. The lowest BCUT2D eigenvalue weighted by atomic mass is 9.94. The molecule has 0 aliphatic carbocycles. The summed E-state index contributed by atoms with van der Waals surface area (Å²) in [4.78, 5) is 0. The minimum Gasteiger partial charge on any atom is -0.382 e. The molecular formula is C72H128O44S2. The molecule has 30 heterocycles. The Morgan fingerprint density at radius 2 is 0.280 bits per heavy atom. The first-order valence-corrected chi connectivity index (χ1v) is 42.0. The van der Waals surface area contributed by atoms with Gasteiger partial charge in [0.2, 0.25) is 0 Å². The zero-order chi connectivity index (χ0) is 86.0. The first-order valence-electron chi connectivity index (χ1n) is 38.4. The van der Waals surface area contributed by atoms with E-state index < -0.39 is 279 Å². The van der Waals surface area contributed by atoms with Crippen LogP contribution in [0.3, 0.4) is 0 Å². The van der Waals surface area contributed by atoms with E-state index in [2.05, 4.69) is 0 Å². The molecule has 0 aromatic rings. The highest BCUT2D eigenvalue weighted by atomic mass is 32.2. The first kappa shape index (κ1) is 100. The van der Waals surface area contributed by atoms with Crippen molar-refractivity contribution in [2.75, 3.05) is 222 Å². The van der Waals surface area contributed by atoms with Gasteiger partial charge in [0.1, 0.15) is 195 Å². The molecule has 0 saturated carbocycles. The highest BCUT2D eigenvalue weighted by Gasteiger charge is 2.63. The third-order valence-corrected chi connectivity index (χ3v) is 23.4. The minimum atomic E-state index is -4.22. The summed E-state index contributed by atoms with van der Waals surface area (Å²) in [5.41, 5.74) is 0. The molecule has 30 rings (SSSR count). The van der Waals surface area contributed by atoms with Crippen LogP contribution in [0.2, 0.25) is 0 Å². The van der Waals surface area contributed by atoms with Gasteiger partial charge in [0, 0.05) is 156 Å². The molecule has 44 nitrogen and oxygen atoms in total. The quantitative estimate of drug-likeness (QED) is 0.0578. The molecule has 46 heteroatoms. The van der Waals surface area contributed by atoms with E-state index in [1.54, 1.807) is 0 Å². The van der Waals surface area contributed by atoms with E-state index in [1.165, 1.54) is 156 Å². The van der Waals surface area contributed by atoms with Gasteiger partial charge in [0.15, 0.2) is 50.3 Å². The molecule has 692 valence electrons. The minimum absolute atomic E-state index is 0.107. The molecule has 0 aromatic carbocycles. The third-order valence-electron chi connectivity index (χ3n) is 22.3. The molecule has 16 bridgehead atoms. The van der Waals surface area contributed by atoms with Crippen molar-refractivity contribution in [3.05, 3.63) is 0 Å². The van der Waals surface area contributed by atoms with Gasteiger partial charge in [-0.15, -0.1) is 0 Å². The average Bonchev–Trinajstić information content (AvgIpc) is 0.762. The Morgan fingerprint density at radius 3 is 0.373 bits per heavy atom. The van der Waals surface area contributed by atoms with Crippen molar-refractivity contribution in [2.45, 2.75) is 246 Å². The highest BCUT2D eigenvalue weighted by Crippen LogP contribution is 2.44. The summed E-state index contributed by atoms with van der Waals surface area (Å²) in [5.74, 6) is 0. The zero-order valence-corrected chi connectivity index (χ0v) is 73.2. The van der Waals surface area contributed by atoms with Crippen LogP contribution in [-0.2, 0) is 209 Å². The van der Waals surface area contributed by atoms with E-state index >= 15 is 0 Å². The van der Waals surface area contributed by atoms with Gasteiger partial charge in [-0.2, -0.15) is 16.8 Å². The Hall–Kier alpha value is -1.70. The molecule has 30 aliphatic rings. The third kappa shape index (κ3) is 23.1. The molecule has 30 fully saturated rings. The van der Waals surface area contributed by atoms with Crippen LogP contribution in [0.25, 0.3) is 0 Å². The van der Waals surface area contributed by atoms with Crippen molar-refractivity contribution in [3.8, 4) is 0 Å². The van der Waals surface area contributed by atoms with Gasteiger partial charge in [0.25, 0.3) is 20.2 Å². The molecule has 30 saturated heterocycles. The van der Waals surface area contributed by atoms with Crippen LogP contribution in [-0.4, -0.2) is 484 Å². The lowest BCUT2D eigenvalue weighted by Crippen LogP contribution is -2.70. The summed E-state index contributed by atoms with van der Waals surface area (Å²) in [6.45, 7) is -2.30. The Kier molecular flexibility index (Phi) is 40.2. The monoisotopic (exact) mass is 1760 g/mol. The van der Waals surface area contributed by atoms with Gasteiger partial charge >= 0.3 is 0 Å². The maximum atomic E-state index is 13.1. The normalized spacial score (nSPS) is 44.6. The molecule has 0 aromatic heterocycles. The molecule has 0 N–H and O–H groups in total. The lowest BCUT2D eigenvalue weighted by molar-refractivity contribution is -0.409. The Balaban J connectivity index is 1.15. The van der Waals surface area contributed by atoms with Gasteiger partial charge in [0.05, 0.1) is 65.4 Å². The topological polar surface area (TPSA) is 437 Å². The van der Waals surface area contributed by atoms with E-state index in [0.717, 1.165) is 12.5 Å². The first-order chi connectivity index (χ1) is 56.8. The smallest absolute Gasteiger partial charge is 0.264 e. The number of rotatable bonds is 34. The molecule has 0 spiro atoms. The summed E-state index contributed by atoms with van der Waals surface area (Å²) in [6, 6.07) is 0. The zero-order valence-electron chi connectivity index (χ0n) is 71.5. The highest BCUT2D eigenvalue weighted by molar-refractivity contribution is 7.86. The Bertz CT molecular complexity index is 3050. The standard InChI is InChI=1S/C72H128O44S2/c1-77-25-33-41-49(83-7)57(91-15)65(101-33)110-42-34(26-78-2)103-67(59(93-17)50(42)84-8)112-44-36(28-80-4)105-69(61(95-19)52(44)86-10)115-47-39(31-99-117(23,73)74)108-72(64(98-22)55(47)89-13)114-46-38(30-82-6)106-70(62(96-20)54(46)88-12)116-48-40(32-100-118(24,75)76)107-71(63(97-21)56(48)90-14)113-45-37(29-81-5)104-68(60(94-18)53(45)87-11)111-43-35(27-79-3)102-66(109-41)58(92-16)51(43)85-9/h33-72H,25-32H2,1-24H3/t33-,34-,35-,36-,37-,38-,39-,40-,41-,42-,43-,44-,45-,46-,47-,48-,49+,50+,51+,52+,53+,54+,55+,56+,57-,58+,59-,60-,61-,62+,63+,64-,65-,66-,67-,68-,69-,70-,71-,72-/m1/s1. The fraction of sp³-hybridized carbons (Fsp3) is 1.00. The maximum Gasteiger partial charge on any atom is 0.264 e. The van der Waals surface area contributed by atoms with Crippen molar-refractivity contribution >= 4 is 20.2 Å². The van der Waals surface area contributed by atoms with Crippen LogP contribution in [0.1, 0.15) is 0 Å². The summed E-state index contributed by atoms with van der Waals surface area (Å²) in [6.07, 6.45) is -47.0. The van der Waals surface area contributed by atoms with E-state index in [9.17, 15) is 16.8 Å². The number of hydrogen-bond acceptors (Lipinski definition) is 44. The van der Waals surface area contributed by atoms with Gasteiger partial charge in [-0.25, -0.2) is 0 Å². The largest absolute Gasteiger partial charge is 0.382 e. The van der Waals surface area contributed by atoms with Crippen LogP contribution in [0.5, 0.6) is 0 Å². The van der Waals surface area contributed by atoms with E-state index in [-0.39, 0.29) is 39.6 Å². The van der Waals surface area contributed by atoms with Crippen LogP contribution in [0, 0.1) is 0 Å². The fourth-order valence-corrected chi connectivity index (χ4v) is 17.8. The molecule has 0 unspecified atom stereocenters. The second-order valence-electron chi connectivity index (χ2n) is 29.1. The van der Waals surface area contributed by atoms with Gasteiger partial charge in [-0.3, -0.25) is 8.37 Å². The van der Waals surface area contributed by atoms with Crippen LogP contribution < -0.4 is 0 Å². The lowest BCUT2D eigenvalue weighted by Gasteiger charge is -2.53. The Labute approximate surface area is 690 Å².